The van der Waals surface area contributed by atoms with Crippen molar-refractivity contribution in [1.82, 2.24) is 20.2 Å². The van der Waals surface area contributed by atoms with Crippen molar-refractivity contribution in [3.63, 3.8) is 0 Å². The van der Waals surface area contributed by atoms with Crippen molar-refractivity contribution in [2.75, 3.05) is 13.2 Å². The van der Waals surface area contributed by atoms with Crippen LogP contribution in [-0.4, -0.2) is 43.6 Å². The van der Waals surface area contributed by atoms with Crippen molar-refractivity contribution in [2.24, 2.45) is 7.05 Å². The lowest BCUT2D eigenvalue weighted by atomic mass is 9.79. The van der Waals surface area contributed by atoms with E-state index in [9.17, 15) is 10.2 Å². The van der Waals surface area contributed by atoms with Gasteiger partial charge in [0.15, 0.2) is 5.82 Å². The summed E-state index contributed by atoms with van der Waals surface area (Å²) in [7, 11) is 1.66. The highest BCUT2D eigenvalue weighted by Crippen LogP contribution is 2.28. The minimum absolute atomic E-state index is 0.234. The third kappa shape index (κ3) is 2.91. The average Bonchev–Trinajstić information content (AvgIpc) is 2.81. The van der Waals surface area contributed by atoms with E-state index in [0.29, 0.717) is 10.8 Å². The predicted octanol–water partition coefficient (Wildman–Crippen LogP) is 0.329. The Morgan fingerprint density at radius 2 is 2.05 bits per heavy atom. The van der Waals surface area contributed by atoms with Crippen LogP contribution in [-0.2, 0) is 18.9 Å². The van der Waals surface area contributed by atoms with E-state index in [1.165, 1.54) is 4.80 Å². The van der Waals surface area contributed by atoms with E-state index in [2.05, 4.69) is 15.4 Å². The number of nitrogens with zero attached hydrogens (tertiary/aromatic N) is 4. The fraction of sp³-hybridized carbons (Fsp3) is 0.417. The highest BCUT2D eigenvalue weighted by molar-refractivity contribution is 6.30. The van der Waals surface area contributed by atoms with Crippen LogP contribution in [0.1, 0.15) is 11.4 Å². The lowest BCUT2D eigenvalue weighted by Crippen LogP contribution is -2.37. The molecule has 7 heteroatoms. The van der Waals surface area contributed by atoms with Crippen molar-refractivity contribution in [2.45, 2.75) is 11.8 Å². The minimum Gasteiger partial charge on any atom is -0.395 e. The molecule has 0 aliphatic rings. The van der Waals surface area contributed by atoms with Crippen molar-refractivity contribution in [1.29, 1.82) is 0 Å². The van der Waals surface area contributed by atoms with Gasteiger partial charge in [0.25, 0.3) is 0 Å². The minimum atomic E-state index is -0.867. The first-order valence-corrected chi connectivity index (χ1v) is 6.18. The zero-order chi connectivity index (χ0) is 13.9. The van der Waals surface area contributed by atoms with Crippen LogP contribution in [0.5, 0.6) is 0 Å². The SMILES string of the molecule is Cn1nnc(CC(CO)(CO)c2cccc(Cl)c2)n1. The lowest BCUT2D eigenvalue weighted by molar-refractivity contribution is 0.114. The number of rotatable bonds is 5. The van der Waals surface area contributed by atoms with Crippen molar-refractivity contribution < 1.29 is 10.2 Å². The van der Waals surface area contributed by atoms with Crippen LogP contribution in [0.3, 0.4) is 0 Å². The molecule has 1 aromatic heterocycles. The summed E-state index contributed by atoms with van der Waals surface area (Å²) >= 11 is 5.96. The molecule has 0 aliphatic heterocycles. The number of aromatic nitrogens is 4. The second-order valence-corrected chi connectivity index (χ2v) is 4.92. The molecule has 6 nitrogen and oxygen atoms in total. The molecule has 102 valence electrons. The Morgan fingerprint density at radius 3 is 2.58 bits per heavy atom. The lowest BCUT2D eigenvalue weighted by Gasteiger charge is -2.29. The zero-order valence-corrected chi connectivity index (χ0v) is 11.2. The molecular weight excluding hydrogens is 268 g/mol. The Hall–Kier alpha value is -1.50. The largest absolute Gasteiger partial charge is 0.395 e. The standard InChI is InChI=1S/C12H15ClN4O2/c1-17-15-11(14-16-17)6-12(7-18,8-19)9-3-2-4-10(13)5-9/h2-5,18-19H,6-8H2,1H3. The molecule has 2 N–H and O–H groups in total. The van der Waals surface area contributed by atoms with Gasteiger partial charge in [-0.1, -0.05) is 23.7 Å². The van der Waals surface area contributed by atoms with Crippen LogP contribution in [0.15, 0.2) is 24.3 Å². The second-order valence-electron chi connectivity index (χ2n) is 4.48. The first kappa shape index (κ1) is 13.9. The Bertz CT molecular complexity index is 554. The van der Waals surface area contributed by atoms with Crippen LogP contribution < -0.4 is 0 Å². The third-order valence-electron chi connectivity index (χ3n) is 3.09. The summed E-state index contributed by atoms with van der Waals surface area (Å²) in [6, 6.07) is 7.06. The van der Waals surface area contributed by atoms with E-state index in [1.807, 2.05) is 6.07 Å². The molecule has 0 atom stereocenters. The first-order chi connectivity index (χ1) is 9.09. The van der Waals surface area contributed by atoms with Crippen LogP contribution in [0.4, 0.5) is 0 Å². The quantitative estimate of drug-likeness (QED) is 0.826. The molecule has 0 spiro atoms. The van der Waals surface area contributed by atoms with Gasteiger partial charge in [0, 0.05) is 16.9 Å². The summed E-state index contributed by atoms with van der Waals surface area (Å²) in [6.45, 7) is -0.468. The molecule has 1 aromatic carbocycles. The number of benzene rings is 1. The van der Waals surface area contributed by atoms with Crippen molar-refractivity contribution in [3.05, 3.63) is 40.7 Å². The summed E-state index contributed by atoms with van der Waals surface area (Å²) in [5.41, 5.74) is -0.119. The van der Waals surface area contributed by atoms with Gasteiger partial charge < -0.3 is 10.2 Å². The predicted molar refractivity (Wildman–Crippen MR) is 69.8 cm³/mol. The van der Waals surface area contributed by atoms with Gasteiger partial charge in [-0.3, -0.25) is 0 Å². The third-order valence-corrected chi connectivity index (χ3v) is 3.32. The van der Waals surface area contributed by atoms with E-state index in [-0.39, 0.29) is 19.6 Å². The number of aliphatic hydroxyl groups is 2. The summed E-state index contributed by atoms with van der Waals surface area (Å²) in [6.07, 6.45) is 0.286. The van der Waals surface area contributed by atoms with Gasteiger partial charge in [0.05, 0.1) is 20.3 Å². The van der Waals surface area contributed by atoms with Gasteiger partial charge in [-0.05, 0) is 22.9 Å². The summed E-state index contributed by atoms with van der Waals surface area (Å²) in [4.78, 5) is 1.34. The molecule has 0 radical (unpaired) electrons. The number of aryl methyl sites for hydroxylation is 1. The van der Waals surface area contributed by atoms with Crippen LogP contribution in [0, 0.1) is 0 Å². The molecule has 0 fully saturated rings. The number of hydrogen-bond donors (Lipinski definition) is 2. The molecular formula is C12H15ClN4O2. The molecule has 0 unspecified atom stereocenters. The van der Waals surface area contributed by atoms with Crippen LogP contribution >= 0.6 is 11.6 Å². The molecule has 0 bridgehead atoms. The smallest absolute Gasteiger partial charge is 0.175 e. The van der Waals surface area contributed by atoms with E-state index in [4.69, 9.17) is 11.6 Å². The summed E-state index contributed by atoms with van der Waals surface area (Å²) in [5.74, 6) is 0.463. The molecule has 1 heterocycles. The topological polar surface area (TPSA) is 84.1 Å². The van der Waals surface area contributed by atoms with Gasteiger partial charge in [-0.2, -0.15) is 4.80 Å². The van der Waals surface area contributed by atoms with E-state index in [0.717, 1.165) is 5.56 Å². The monoisotopic (exact) mass is 282 g/mol. The summed E-state index contributed by atoms with van der Waals surface area (Å²) < 4.78 is 0. The molecule has 0 aliphatic carbocycles. The highest BCUT2D eigenvalue weighted by Gasteiger charge is 2.33. The Morgan fingerprint density at radius 1 is 1.32 bits per heavy atom. The zero-order valence-electron chi connectivity index (χ0n) is 10.5. The molecule has 0 amide bonds. The molecule has 2 aromatic rings. The Labute approximate surface area is 115 Å². The Balaban J connectivity index is 2.37. The van der Waals surface area contributed by atoms with Crippen LogP contribution in [0.2, 0.25) is 5.02 Å². The van der Waals surface area contributed by atoms with Gasteiger partial charge >= 0.3 is 0 Å². The second kappa shape index (κ2) is 5.64. The fourth-order valence-corrected chi connectivity index (χ4v) is 2.15. The first-order valence-electron chi connectivity index (χ1n) is 5.80. The van der Waals surface area contributed by atoms with E-state index < -0.39 is 5.41 Å². The van der Waals surface area contributed by atoms with Gasteiger partial charge in [-0.15, -0.1) is 10.2 Å². The van der Waals surface area contributed by atoms with E-state index >= 15 is 0 Å². The maximum Gasteiger partial charge on any atom is 0.175 e. The van der Waals surface area contributed by atoms with Crippen molar-refractivity contribution in [3.8, 4) is 0 Å². The molecule has 0 saturated heterocycles. The number of hydrogen-bond acceptors (Lipinski definition) is 5. The maximum absolute atomic E-state index is 9.70. The highest BCUT2D eigenvalue weighted by atomic mass is 35.5. The average molecular weight is 283 g/mol. The number of halogens is 1. The fourth-order valence-electron chi connectivity index (χ4n) is 1.96. The Kier molecular flexibility index (Phi) is 4.14. The number of aliphatic hydroxyl groups excluding tert-OH is 2. The van der Waals surface area contributed by atoms with Crippen LogP contribution in [0.25, 0.3) is 0 Å². The normalized spacial score (nSPS) is 11.8. The van der Waals surface area contributed by atoms with Crippen molar-refractivity contribution >= 4 is 11.6 Å². The van der Waals surface area contributed by atoms with Gasteiger partial charge in [0.2, 0.25) is 0 Å². The van der Waals surface area contributed by atoms with Gasteiger partial charge in [0.1, 0.15) is 0 Å². The maximum atomic E-state index is 9.70. The summed E-state index contributed by atoms with van der Waals surface area (Å²) in [5, 5.41) is 31.7. The molecule has 0 saturated carbocycles. The van der Waals surface area contributed by atoms with E-state index in [1.54, 1.807) is 25.2 Å². The van der Waals surface area contributed by atoms with Gasteiger partial charge in [-0.25, -0.2) is 0 Å². The number of tetrazole rings is 1. The molecule has 2 rings (SSSR count). The molecule has 19 heavy (non-hydrogen) atoms.